The van der Waals surface area contributed by atoms with Crippen LogP contribution in [0.1, 0.15) is 47.7 Å². The maximum atomic E-state index is 15.9. The van der Waals surface area contributed by atoms with Crippen LogP contribution in [-0.4, -0.2) is 49.8 Å². The summed E-state index contributed by atoms with van der Waals surface area (Å²) in [5.74, 6) is -6.29. The summed E-state index contributed by atoms with van der Waals surface area (Å²) >= 11 is 12.4. The summed E-state index contributed by atoms with van der Waals surface area (Å²) in [5.41, 5.74) is -1.31. The minimum atomic E-state index is -4.63. The van der Waals surface area contributed by atoms with Gasteiger partial charge in [0.05, 0.1) is 41.9 Å². The van der Waals surface area contributed by atoms with Crippen molar-refractivity contribution in [2.24, 2.45) is 5.92 Å². The number of alkyl halides is 3. The second-order valence-corrected chi connectivity index (χ2v) is 12.0. The van der Waals surface area contributed by atoms with Gasteiger partial charge in [0, 0.05) is 22.7 Å². The summed E-state index contributed by atoms with van der Waals surface area (Å²) in [4.78, 5) is 40.6. The van der Waals surface area contributed by atoms with Gasteiger partial charge in [0.1, 0.15) is 17.0 Å². The van der Waals surface area contributed by atoms with E-state index in [9.17, 15) is 27.6 Å². The van der Waals surface area contributed by atoms with Gasteiger partial charge in [-0.3, -0.25) is 9.59 Å². The second kappa shape index (κ2) is 12.7. The summed E-state index contributed by atoms with van der Waals surface area (Å²) in [6.45, 7) is 2.75. The van der Waals surface area contributed by atoms with E-state index in [1.807, 2.05) is 0 Å². The van der Waals surface area contributed by atoms with Gasteiger partial charge < -0.3 is 25.4 Å². The molecule has 3 N–H and O–H groups in total. The summed E-state index contributed by atoms with van der Waals surface area (Å²) in [6.07, 6.45) is -5.26. The fraction of sp³-hybridized carbons (Fsp3) is 0.344. The van der Waals surface area contributed by atoms with Crippen LogP contribution in [-0.2, 0) is 19.7 Å². The standard InChI is InChI=1S/C32H29Cl2F4N3O5/c1-4-46-29(43)16-8-11-21(23(13-16)45-3)39-28(42)27-25(18-6-5-7-20(34)26(18)35)31(24(41-27)12-15(2)32(36,37)38)19-10-9-17(33)14-22(19)40-30(31)44/h5-11,13-15,24-25,27,41H,4,12H2,1-3H3,(H,39,42)(H,40,44)/t15?,24-,25-,27+,31+/m0/s1. The van der Waals surface area contributed by atoms with E-state index >= 15 is 4.39 Å². The van der Waals surface area contributed by atoms with E-state index in [-0.39, 0.29) is 50.5 Å². The van der Waals surface area contributed by atoms with E-state index in [1.165, 1.54) is 61.7 Å². The fourth-order valence-corrected chi connectivity index (χ4v) is 6.76. The van der Waals surface area contributed by atoms with E-state index in [0.29, 0.717) is 0 Å². The number of hydrogen-bond donors (Lipinski definition) is 3. The monoisotopic (exact) mass is 681 g/mol. The van der Waals surface area contributed by atoms with Gasteiger partial charge in [-0.2, -0.15) is 13.2 Å². The van der Waals surface area contributed by atoms with Crippen molar-refractivity contribution >= 4 is 52.4 Å². The largest absolute Gasteiger partial charge is 0.495 e. The predicted octanol–water partition coefficient (Wildman–Crippen LogP) is 6.86. The van der Waals surface area contributed by atoms with Crippen LogP contribution in [0.5, 0.6) is 5.75 Å². The summed E-state index contributed by atoms with van der Waals surface area (Å²) < 4.78 is 68.2. The van der Waals surface area contributed by atoms with E-state index < -0.39 is 65.5 Å². The summed E-state index contributed by atoms with van der Waals surface area (Å²) in [6, 6.07) is 9.86. The van der Waals surface area contributed by atoms with E-state index in [0.717, 1.165) is 6.92 Å². The average molecular weight is 682 g/mol. The van der Waals surface area contributed by atoms with Crippen molar-refractivity contribution in [3.8, 4) is 5.75 Å². The number of amides is 2. The highest BCUT2D eigenvalue weighted by atomic mass is 35.5. The number of carbonyl (C=O) groups is 3. The zero-order chi connectivity index (χ0) is 33.6. The molecule has 0 radical (unpaired) electrons. The maximum absolute atomic E-state index is 15.9. The van der Waals surface area contributed by atoms with Crippen LogP contribution in [0.25, 0.3) is 0 Å². The molecular formula is C32H29Cl2F4N3O5. The number of halogens is 6. The van der Waals surface area contributed by atoms with Gasteiger partial charge in [-0.25, -0.2) is 9.18 Å². The second-order valence-electron chi connectivity index (χ2n) is 11.1. The molecular weight excluding hydrogens is 653 g/mol. The molecule has 3 aromatic rings. The molecule has 1 fully saturated rings. The van der Waals surface area contributed by atoms with Crippen molar-refractivity contribution in [2.45, 2.75) is 49.9 Å². The van der Waals surface area contributed by atoms with Gasteiger partial charge >= 0.3 is 12.1 Å². The average Bonchev–Trinajstić information content (AvgIpc) is 3.48. The Labute approximate surface area is 271 Å². The molecule has 0 bridgehead atoms. The lowest BCUT2D eigenvalue weighted by atomic mass is 9.63. The van der Waals surface area contributed by atoms with Crippen molar-refractivity contribution in [3.05, 3.63) is 87.2 Å². The Kier molecular flexibility index (Phi) is 9.27. The Morgan fingerprint density at radius 1 is 1.11 bits per heavy atom. The topological polar surface area (TPSA) is 106 Å². The molecule has 14 heteroatoms. The third-order valence-corrected chi connectivity index (χ3v) is 9.05. The van der Waals surface area contributed by atoms with Crippen LogP contribution in [0.4, 0.5) is 28.9 Å². The van der Waals surface area contributed by atoms with Gasteiger partial charge in [-0.05, 0) is 60.9 Å². The third-order valence-electron chi connectivity index (χ3n) is 8.52. The fourth-order valence-electron chi connectivity index (χ4n) is 6.41. The SMILES string of the molecule is CCOC(=O)c1ccc(NC(=O)[C@@H]2N[C@@H](CC(C)C(F)(F)F)[C@@]3(C(=O)Nc4cc(Cl)ccc43)[C@H]2c2cccc(Cl)c2F)c(OC)c1. The van der Waals surface area contributed by atoms with Crippen LogP contribution >= 0.6 is 23.2 Å². The molecule has 2 aliphatic rings. The minimum Gasteiger partial charge on any atom is -0.495 e. The molecule has 1 saturated heterocycles. The number of rotatable bonds is 8. The number of esters is 1. The number of carbonyl (C=O) groups excluding carboxylic acids is 3. The van der Waals surface area contributed by atoms with Crippen LogP contribution < -0.4 is 20.7 Å². The molecule has 5 rings (SSSR count). The molecule has 1 unspecified atom stereocenters. The molecule has 0 aliphatic carbocycles. The zero-order valence-corrected chi connectivity index (χ0v) is 26.2. The van der Waals surface area contributed by atoms with Crippen molar-refractivity contribution in [1.29, 1.82) is 0 Å². The molecule has 2 heterocycles. The lowest BCUT2D eigenvalue weighted by molar-refractivity contribution is -0.173. The Morgan fingerprint density at radius 2 is 1.85 bits per heavy atom. The Hall–Kier alpha value is -3.87. The molecule has 244 valence electrons. The van der Waals surface area contributed by atoms with Crippen LogP contribution in [0, 0.1) is 11.7 Å². The Balaban J connectivity index is 1.67. The maximum Gasteiger partial charge on any atom is 0.391 e. The highest BCUT2D eigenvalue weighted by molar-refractivity contribution is 6.31. The molecule has 3 aromatic carbocycles. The van der Waals surface area contributed by atoms with Crippen LogP contribution in [0.2, 0.25) is 10.0 Å². The van der Waals surface area contributed by atoms with E-state index in [4.69, 9.17) is 32.7 Å². The van der Waals surface area contributed by atoms with E-state index in [1.54, 1.807) is 6.92 Å². The van der Waals surface area contributed by atoms with Gasteiger partial charge in [-0.15, -0.1) is 0 Å². The number of benzene rings is 3. The zero-order valence-electron chi connectivity index (χ0n) is 24.7. The molecule has 0 aromatic heterocycles. The number of methoxy groups -OCH3 is 1. The van der Waals surface area contributed by atoms with Crippen molar-refractivity contribution in [3.63, 3.8) is 0 Å². The van der Waals surface area contributed by atoms with Gasteiger partial charge in [-0.1, -0.05) is 48.3 Å². The van der Waals surface area contributed by atoms with Crippen LogP contribution in [0.15, 0.2) is 54.6 Å². The number of anilines is 2. The normalized spacial score (nSPS) is 22.7. The van der Waals surface area contributed by atoms with Gasteiger partial charge in [0.15, 0.2) is 0 Å². The van der Waals surface area contributed by atoms with Crippen molar-refractivity contribution < 1.29 is 41.4 Å². The first kappa shape index (κ1) is 33.5. The quantitative estimate of drug-likeness (QED) is 0.177. The molecule has 8 nitrogen and oxygen atoms in total. The summed E-state index contributed by atoms with van der Waals surface area (Å²) in [5, 5.41) is 8.32. The predicted molar refractivity (Wildman–Crippen MR) is 164 cm³/mol. The number of fused-ring (bicyclic) bond motifs is 2. The summed E-state index contributed by atoms with van der Waals surface area (Å²) in [7, 11) is 1.31. The first-order chi connectivity index (χ1) is 21.7. The number of hydrogen-bond acceptors (Lipinski definition) is 6. The highest BCUT2D eigenvalue weighted by Gasteiger charge is 2.66. The Bertz CT molecular complexity index is 1700. The first-order valence-electron chi connectivity index (χ1n) is 14.3. The molecule has 5 atom stereocenters. The van der Waals surface area contributed by atoms with Gasteiger partial charge in [0.2, 0.25) is 11.8 Å². The van der Waals surface area contributed by atoms with Crippen LogP contribution in [0.3, 0.4) is 0 Å². The van der Waals surface area contributed by atoms with E-state index in [2.05, 4.69) is 16.0 Å². The molecule has 2 amide bonds. The highest BCUT2D eigenvalue weighted by Crippen LogP contribution is 2.57. The first-order valence-corrected chi connectivity index (χ1v) is 15.0. The number of nitrogens with one attached hydrogen (secondary N) is 3. The Morgan fingerprint density at radius 3 is 2.52 bits per heavy atom. The number of ether oxygens (including phenoxy) is 2. The molecule has 1 spiro atoms. The lowest BCUT2D eigenvalue weighted by Gasteiger charge is -2.36. The molecule has 46 heavy (non-hydrogen) atoms. The molecule has 2 aliphatic heterocycles. The van der Waals surface area contributed by atoms with Crippen molar-refractivity contribution in [2.75, 3.05) is 24.4 Å². The van der Waals surface area contributed by atoms with Crippen molar-refractivity contribution in [1.82, 2.24) is 5.32 Å². The third kappa shape index (κ3) is 5.78. The minimum absolute atomic E-state index is 0.0814. The lowest BCUT2D eigenvalue weighted by Crippen LogP contribution is -2.49. The van der Waals surface area contributed by atoms with Gasteiger partial charge in [0.25, 0.3) is 0 Å². The smallest absolute Gasteiger partial charge is 0.391 e. The molecule has 0 saturated carbocycles.